The number of piperidine rings is 1. The number of carbonyl (C=O) groups excluding carboxylic acids is 1. The van der Waals surface area contributed by atoms with Gasteiger partial charge in [0.2, 0.25) is 15.9 Å². The van der Waals surface area contributed by atoms with E-state index in [1.165, 1.54) is 17.0 Å². The topological polar surface area (TPSA) is 66.5 Å². The molecule has 0 radical (unpaired) electrons. The van der Waals surface area contributed by atoms with Gasteiger partial charge >= 0.3 is 0 Å². The summed E-state index contributed by atoms with van der Waals surface area (Å²) >= 11 is 0. The van der Waals surface area contributed by atoms with Crippen molar-refractivity contribution in [2.45, 2.75) is 64.0 Å². The van der Waals surface area contributed by atoms with Crippen molar-refractivity contribution in [3.05, 3.63) is 0 Å². The first-order chi connectivity index (χ1) is 9.39. The number of nitrogens with zero attached hydrogens (tertiary/aromatic N) is 1. The summed E-state index contributed by atoms with van der Waals surface area (Å²) in [7, 11) is -3.30. The summed E-state index contributed by atoms with van der Waals surface area (Å²) in [6.45, 7) is 2.64. The lowest BCUT2D eigenvalue weighted by molar-refractivity contribution is -0.127. The number of hydrogen-bond acceptors (Lipinski definition) is 3. The van der Waals surface area contributed by atoms with E-state index < -0.39 is 16.1 Å². The van der Waals surface area contributed by atoms with Gasteiger partial charge in [-0.3, -0.25) is 4.79 Å². The highest BCUT2D eigenvalue weighted by Crippen LogP contribution is 2.25. The molecule has 20 heavy (non-hydrogen) atoms. The van der Waals surface area contributed by atoms with Crippen molar-refractivity contribution in [2.75, 3.05) is 12.8 Å². The first-order valence-electron chi connectivity index (χ1n) is 7.67. The third kappa shape index (κ3) is 3.73. The molecule has 1 aliphatic carbocycles. The van der Waals surface area contributed by atoms with Crippen molar-refractivity contribution in [1.29, 1.82) is 0 Å². The van der Waals surface area contributed by atoms with Crippen molar-refractivity contribution in [3.8, 4) is 0 Å². The van der Waals surface area contributed by atoms with Crippen molar-refractivity contribution >= 4 is 15.9 Å². The number of nitrogens with one attached hydrogen (secondary N) is 1. The lowest BCUT2D eigenvalue weighted by atomic mass is 9.85. The monoisotopic (exact) mass is 302 g/mol. The molecule has 2 fully saturated rings. The van der Waals surface area contributed by atoms with Gasteiger partial charge in [0.25, 0.3) is 0 Å². The number of carbonyl (C=O) groups is 1. The van der Waals surface area contributed by atoms with Crippen LogP contribution in [-0.2, 0) is 14.8 Å². The second kappa shape index (κ2) is 6.43. The molecule has 0 aromatic heterocycles. The summed E-state index contributed by atoms with van der Waals surface area (Å²) in [5, 5.41) is 3.10. The average molecular weight is 302 g/mol. The zero-order chi connectivity index (χ0) is 14.8. The molecule has 1 aliphatic heterocycles. The largest absolute Gasteiger partial charge is 0.352 e. The maximum atomic E-state index is 12.5. The van der Waals surface area contributed by atoms with Gasteiger partial charge in [0.15, 0.2) is 0 Å². The highest BCUT2D eigenvalue weighted by Gasteiger charge is 2.35. The van der Waals surface area contributed by atoms with Crippen LogP contribution in [0.15, 0.2) is 0 Å². The summed E-state index contributed by atoms with van der Waals surface area (Å²) in [6, 6.07) is -0.299. The van der Waals surface area contributed by atoms with Crippen molar-refractivity contribution < 1.29 is 13.2 Å². The van der Waals surface area contributed by atoms with Crippen LogP contribution in [-0.4, -0.2) is 43.5 Å². The van der Waals surface area contributed by atoms with Crippen LogP contribution in [0.2, 0.25) is 0 Å². The standard InChI is InChI=1S/C14H26N2O3S/c1-11-7-3-4-8-12(11)15-14(17)13-9-5-6-10-16(13)20(2,18)19/h11-13H,3-10H2,1-2H3,(H,15,17). The third-order valence-electron chi connectivity index (χ3n) is 4.62. The molecule has 6 heteroatoms. The van der Waals surface area contributed by atoms with Gasteiger partial charge in [0.1, 0.15) is 6.04 Å². The molecule has 1 N–H and O–H groups in total. The molecule has 116 valence electrons. The molecule has 5 nitrogen and oxygen atoms in total. The Hall–Kier alpha value is -0.620. The van der Waals surface area contributed by atoms with Crippen LogP contribution in [0.25, 0.3) is 0 Å². The van der Waals surface area contributed by atoms with Gasteiger partial charge in [-0.1, -0.05) is 26.2 Å². The van der Waals surface area contributed by atoms with Crippen LogP contribution in [0.1, 0.15) is 51.9 Å². The minimum absolute atomic E-state index is 0.103. The maximum Gasteiger partial charge on any atom is 0.238 e. The quantitative estimate of drug-likeness (QED) is 0.859. The fourth-order valence-electron chi connectivity index (χ4n) is 3.37. The van der Waals surface area contributed by atoms with Crippen molar-refractivity contribution in [2.24, 2.45) is 5.92 Å². The molecular weight excluding hydrogens is 276 g/mol. The molecule has 3 unspecified atom stereocenters. The van der Waals surface area contributed by atoms with E-state index in [1.807, 2.05) is 0 Å². The van der Waals surface area contributed by atoms with E-state index in [9.17, 15) is 13.2 Å². The molecule has 1 saturated carbocycles. The SMILES string of the molecule is CC1CCCCC1NC(=O)C1CCCCN1S(C)(=O)=O. The Morgan fingerprint density at radius 3 is 2.40 bits per heavy atom. The normalized spacial score (nSPS) is 32.8. The molecular formula is C14H26N2O3S. The Bertz CT molecular complexity index is 449. The van der Waals surface area contributed by atoms with Crippen molar-refractivity contribution in [1.82, 2.24) is 9.62 Å². The number of rotatable bonds is 3. The summed E-state index contributed by atoms with van der Waals surface area (Å²) in [6.07, 6.45) is 8.13. The van der Waals surface area contributed by atoms with Crippen molar-refractivity contribution in [3.63, 3.8) is 0 Å². The lowest BCUT2D eigenvalue weighted by Crippen LogP contribution is -2.54. The predicted molar refractivity (Wildman–Crippen MR) is 78.8 cm³/mol. The lowest BCUT2D eigenvalue weighted by Gasteiger charge is -2.35. The molecule has 1 heterocycles. The number of amides is 1. The highest BCUT2D eigenvalue weighted by atomic mass is 32.2. The van der Waals surface area contributed by atoms with E-state index in [4.69, 9.17) is 0 Å². The summed E-state index contributed by atoms with van der Waals surface area (Å²) in [4.78, 5) is 12.5. The van der Waals surface area contributed by atoms with Crippen LogP contribution < -0.4 is 5.32 Å². The zero-order valence-corrected chi connectivity index (χ0v) is 13.3. The Balaban J connectivity index is 2.02. The molecule has 2 aliphatic rings. The van der Waals surface area contributed by atoms with Crippen LogP contribution in [0, 0.1) is 5.92 Å². The average Bonchev–Trinajstić information content (AvgIpc) is 2.40. The van der Waals surface area contributed by atoms with Gasteiger partial charge in [-0.25, -0.2) is 8.42 Å². The van der Waals surface area contributed by atoms with E-state index in [2.05, 4.69) is 12.2 Å². The fourth-order valence-corrected chi connectivity index (χ4v) is 4.50. The minimum atomic E-state index is -3.30. The highest BCUT2D eigenvalue weighted by molar-refractivity contribution is 7.88. The Morgan fingerprint density at radius 1 is 1.10 bits per heavy atom. The summed E-state index contributed by atoms with van der Waals surface area (Å²) in [5.74, 6) is 0.386. The van der Waals surface area contributed by atoms with Gasteiger partial charge < -0.3 is 5.32 Å². The van der Waals surface area contributed by atoms with Gasteiger partial charge in [-0.05, 0) is 31.6 Å². The number of sulfonamides is 1. The van der Waals surface area contributed by atoms with E-state index in [0.29, 0.717) is 18.9 Å². The second-order valence-electron chi connectivity index (χ2n) is 6.26. The maximum absolute atomic E-state index is 12.5. The van der Waals surface area contributed by atoms with E-state index in [0.717, 1.165) is 32.1 Å². The summed E-state index contributed by atoms with van der Waals surface area (Å²) in [5.41, 5.74) is 0. The predicted octanol–water partition coefficient (Wildman–Crippen LogP) is 1.50. The van der Waals surface area contributed by atoms with Crippen LogP contribution in [0.5, 0.6) is 0 Å². The summed E-state index contributed by atoms with van der Waals surface area (Å²) < 4.78 is 25.0. The van der Waals surface area contributed by atoms with Crippen LogP contribution in [0.4, 0.5) is 0 Å². The molecule has 0 aromatic carbocycles. The van der Waals surface area contributed by atoms with Gasteiger partial charge in [0.05, 0.1) is 6.26 Å². The molecule has 2 rings (SSSR count). The molecule has 0 bridgehead atoms. The Kier molecular flexibility index (Phi) is 5.07. The third-order valence-corrected chi connectivity index (χ3v) is 5.91. The molecule has 1 amide bonds. The first-order valence-corrected chi connectivity index (χ1v) is 9.51. The zero-order valence-electron chi connectivity index (χ0n) is 12.5. The van der Waals surface area contributed by atoms with Crippen LogP contribution in [0.3, 0.4) is 0 Å². The first kappa shape index (κ1) is 15.8. The minimum Gasteiger partial charge on any atom is -0.352 e. The molecule has 0 spiro atoms. The van der Waals surface area contributed by atoms with Gasteiger partial charge in [0, 0.05) is 12.6 Å². The number of hydrogen-bond donors (Lipinski definition) is 1. The van der Waals surface area contributed by atoms with Crippen LogP contribution >= 0.6 is 0 Å². The van der Waals surface area contributed by atoms with Gasteiger partial charge in [-0.15, -0.1) is 0 Å². The Labute approximate surface area is 122 Å². The van der Waals surface area contributed by atoms with E-state index in [1.54, 1.807) is 0 Å². The van der Waals surface area contributed by atoms with Gasteiger partial charge in [-0.2, -0.15) is 4.31 Å². The molecule has 3 atom stereocenters. The van der Waals surface area contributed by atoms with E-state index >= 15 is 0 Å². The smallest absolute Gasteiger partial charge is 0.238 e. The fraction of sp³-hybridized carbons (Fsp3) is 0.929. The van der Waals surface area contributed by atoms with E-state index in [-0.39, 0.29) is 11.9 Å². The Morgan fingerprint density at radius 2 is 1.75 bits per heavy atom. The molecule has 1 saturated heterocycles. The second-order valence-corrected chi connectivity index (χ2v) is 8.20. The molecule has 0 aromatic rings.